The van der Waals surface area contributed by atoms with E-state index in [1.165, 1.54) is 24.3 Å². The fourth-order valence-electron chi connectivity index (χ4n) is 4.21. The second-order valence-corrected chi connectivity index (χ2v) is 12.4. The van der Waals surface area contributed by atoms with Gasteiger partial charge in [0.05, 0.1) is 27.6 Å². The summed E-state index contributed by atoms with van der Waals surface area (Å²) in [6, 6.07) is 16.3. The number of aliphatic hydroxyl groups excluding tert-OH is 1. The van der Waals surface area contributed by atoms with Crippen molar-refractivity contribution >= 4 is 61.0 Å². The Kier molecular flexibility index (Phi) is 7.00. The number of sulfone groups is 1. The molecule has 1 unspecified atom stereocenters. The molecule has 40 heavy (non-hydrogen) atoms. The van der Waals surface area contributed by atoms with Gasteiger partial charge in [-0.25, -0.2) is 13.4 Å². The van der Waals surface area contributed by atoms with Crippen LogP contribution in [0.5, 0.6) is 0 Å². The molecule has 1 atom stereocenters. The van der Waals surface area contributed by atoms with Crippen molar-refractivity contribution in [2.75, 3.05) is 4.90 Å². The first-order chi connectivity index (χ1) is 19.0. The molecule has 1 N–H and O–H groups in total. The number of aromatic nitrogens is 1. The van der Waals surface area contributed by atoms with Crippen LogP contribution in [-0.4, -0.2) is 35.1 Å². The van der Waals surface area contributed by atoms with Crippen molar-refractivity contribution in [2.45, 2.75) is 22.1 Å². The molecule has 3 aromatic carbocycles. The van der Waals surface area contributed by atoms with E-state index in [4.69, 9.17) is 11.6 Å². The van der Waals surface area contributed by atoms with Gasteiger partial charge >= 0.3 is 5.91 Å². The predicted octanol–water partition coefficient (Wildman–Crippen LogP) is 5.47. The molecule has 5 rings (SSSR count). The Balaban J connectivity index is 1.62. The van der Waals surface area contributed by atoms with E-state index in [2.05, 4.69) is 4.98 Å². The fourth-order valence-corrected chi connectivity index (χ4v) is 6.88. The Morgan fingerprint density at radius 2 is 1.65 bits per heavy atom. The normalized spacial score (nSPS) is 16.9. The minimum Gasteiger partial charge on any atom is -0.507 e. The van der Waals surface area contributed by atoms with Crippen LogP contribution >= 0.6 is 22.9 Å². The van der Waals surface area contributed by atoms with Crippen LogP contribution in [0.15, 0.2) is 93.7 Å². The molecular formula is C27H18ClN3O7S2. The highest BCUT2D eigenvalue weighted by Gasteiger charge is 2.48. The first-order valence-electron chi connectivity index (χ1n) is 11.6. The van der Waals surface area contributed by atoms with Gasteiger partial charge < -0.3 is 5.11 Å². The Morgan fingerprint density at radius 3 is 2.25 bits per heavy atom. The molecule has 0 bridgehead atoms. The van der Waals surface area contributed by atoms with Crippen LogP contribution in [-0.2, 0) is 19.4 Å². The van der Waals surface area contributed by atoms with E-state index in [-0.39, 0.29) is 31.1 Å². The van der Waals surface area contributed by atoms with Crippen LogP contribution in [0.2, 0.25) is 5.02 Å². The lowest BCUT2D eigenvalue weighted by Gasteiger charge is -2.23. The second kappa shape index (κ2) is 10.3. The molecule has 0 spiro atoms. The number of nitro benzene ring substituents is 1. The number of hydrogen-bond donors (Lipinski definition) is 1. The number of rotatable bonds is 6. The minimum absolute atomic E-state index is 0.0803. The smallest absolute Gasteiger partial charge is 0.301 e. The number of ketones is 1. The lowest BCUT2D eigenvalue weighted by atomic mass is 9.95. The van der Waals surface area contributed by atoms with E-state index in [1.807, 2.05) is 6.92 Å². The van der Waals surface area contributed by atoms with Gasteiger partial charge in [0.1, 0.15) is 9.97 Å². The van der Waals surface area contributed by atoms with Crippen LogP contribution in [0, 0.1) is 17.0 Å². The molecule has 1 amide bonds. The van der Waals surface area contributed by atoms with Gasteiger partial charge in [0.15, 0.2) is 5.13 Å². The monoisotopic (exact) mass is 595 g/mol. The average molecular weight is 596 g/mol. The number of non-ortho nitro benzene ring substituents is 1. The van der Waals surface area contributed by atoms with Gasteiger partial charge in [0.25, 0.3) is 11.5 Å². The molecule has 1 fully saturated rings. The molecule has 1 saturated heterocycles. The number of hydrogen-bond acceptors (Lipinski definition) is 9. The number of nitrogens with zero attached hydrogens (tertiary/aromatic N) is 3. The second-order valence-electron chi connectivity index (χ2n) is 8.80. The number of thiazole rings is 1. The van der Waals surface area contributed by atoms with Crippen LogP contribution in [0.3, 0.4) is 0 Å². The molecule has 202 valence electrons. The molecule has 1 aliphatic heterocycles. The summed E-state index contributed by atoms with van der Waals surface area (Å²) in [5, 5.41) is 22.4. The van der Waals surface area contributed by atoms with Crippen molar-refractivity contribution in [3.63, 3.8) is 0 Å². The highest BCUT2D eigenvalue weighted by atomic mass is 35.5. The Labute approximate surface area is 236 Å². The van der Waals surface area contributed by atoms with E-state index in [1.54, 1.807) is 24.3 Å². The Hall–Kier alpha value is -4.39. The first kappa shape index (κ1) is 27.2. The topological polar surface area (TPSA) is 148 Å². The third kappa shape index (κ3) is 4.76. The molecule has 1 aliphatic rings. The van der Waals surface area contributed by atoms with Gasteiger partial charge in [-0.05, 0) is 48.9 Å². The summed E-state index contributed by atoms with van der Waals surface area (Å²) in [5.41, 5.74) is 1.22. The molecule has 1 aromatic heterocycles. The van der Waals surface area contributed by atoms with Crippen LogP contribution in [0.25, 0.3) is 5.76 Å². The van der Waals surface area contributed by atoms with E-state index < -0.39 is 38.3 Å². The zero-order valence-corrected chi connectivity index (χ0v) is 22.9. The van der Waals surface area contributed by atoms with Crippen LogP contribution < -0.4 is 4.90 Å². The van der Waals surface area contributed by atoms with Crippen LogP contribution in [0.1, 0.15) is 22.7 Å². The number of carbonyl (C=O) groups excluding carboxylic acids is 2. The molecule has 13 heteroatoms. The molecule has 0 aliphatic carbocycles. The van der Waals surface area contributed by atoms with E-state index in [9.17, 15) is 33.2 Å². The first-order valence-corrected chi connectivity index (χ1v) is 14.3. The lowest BCUT2D eigenvalue weighted by Crippen LogP contribution is -2.29. The summed E-state index contributed by atoms with van der Waals surface area (Å²) >= 11 is 6.62. The zero-order chi connectivity index (χ0) is 28.8. The number of halogens is 1. The number of aliphatic hydroxyl groups is 1. The van der Waals surface area contributed by atoms with Crippen molar-refractivity contribution in [3.8, 4) is 0 Å². The Morgan fingerprint density at radius 1 is 1.02 bits per heavy atom. The van der Waals surface area contributed by atoms with Crippen molar-refractivity contribution in [3.05, 3.63) is 116 Å². The largest absolute Gasteiger partial charge is 0.507 e. The number of nitro groups is 1. The molecular weight excluding hydrogens is 578 g/mol. The van der Waals surface area contributed by atoms with E-state index in [0.29, 0.717) is 21.9 Å². The van der Waals surface area contributed by atoms with Gasteiger partial charge in [-0.3, -0.25) is 24.6 Å². The maximum atomic E-state index is 13.4. The highest BCUT2D eigenvalue weighted by molar-refractivity contribution is 7.93. The number of amides is 1. The van der Waals surface area contributed by atoms with Gasteiger partial charge in [-0.15, -0.1) is 0 Å². The molecule has 4 aromatic rings. The minimum atomic E-state index is -4.15. The average Bonchev–Trinajstić information content (AvgIpc) is 3.53. The van der Waals surface area contributed by atoms with Crippen molar-refractivity contribution in [1.82, 2.24) is 4.98 Å². The SMILES string of the molecule is Cc1ccc(C2/C(=C(\O)c3ccc(Cl)cc3)C(=O)C(=O)N2c2ncc(S(=O)(=O)c3ccc([N+](=O)[O-])cc3)s2)cc1. The lowest BCUT2D eigenvalue weighted by molar-refractivity contribution is -0.384. The summed E-state index contributed by atoms with van der Waals surface area (Å²) in [5.74, 6) is -2.37. The van der Waals surface area contributed by atoms with Gasteiger partial charge in [0.2, 0.25) is 9.84 Å². The summed E-state index contributed by atoms with van der Waals surface area (Å²) < 4.78 is 26.2. The number of benzene rings is 3. The quantitative estimate of drug-likeness (QED) is 0.101. The Bertz CT molecular complexity index is 1800. The van der Waals surface area contributed by atoms with Crippen molar-refractivity contribution < 1.29 is 28.0 Å². The fraction of sp³-hybridized carbons (Fsp3) is 0.0741. The predicted molar refractivity (Wildman–Crippen MR) is 148 cm³/mol. The zero-order valence-electron chi connectivity index (χ0n) is 20.5. The number of aryl methyl sites for hydroxylation is 1. The maximum Gasteiger partial charge on any atom is 0.301 e. The third-order valence-corrected chi connectivity index (χ3v) is 9.74. The standard InChI is InChI=1S/C27H18ClN3O7S2/c1-15-2-4-16(5-3-15)23-22(24(32)17-6-8-18(28)9-7-17)25(33)26(34)30(23)27-29-14-21(39-27)40(37,38)20-12-10-19(11-13-20)31(35)36/h2-14,23,32H,1H3/b24-22+. The number of carbonyl (C=O) groups is 2. The summed E-state index contributed by atoms with van der Waals surface area (Å²) in [7, 11) is -4.15. The summed E-state index contributed by atoms with van der Waals surface area (Å²) in [6.45, 7) is 1.87. The van der Waals surface area contributed by atoms with Gasteiger partial charge in [-0.2, -0.15) is 0 Å². The molecule has 0 saturated carbocycles. The number of Topliss-reactive ketones (excluding diaryl/α,β-unsaturated/α-hetero) is 1. The van der Waals surface area contributed by atoms with E-state index in [0.717, 1.165) is 40.9 Å². The van der Waals surface area contributed by atoms with Crippen molar-refractivity contribution in [1.29, 1.82) is 0 Å². The van der Waals surface area contributed by atoms with Gasteiger partial charge in [0, 0.05) is 22.7 Å². The summed E-state index contributed by atoms with van der Waals surface area (Å²) in [4.78, 5) is 42.0. The maximum absolute atomic E-state index is 13.4. The van der Waals surface area contributed by atoms with Crippen molar-refractivity contribution in [2.24, 2.45) is 0 Å². The van der Waals surface area contributed by atoms with Crippen LogP contribution in [0.4, 0.5) is 10.8 Å². The molecule has 0 radical (unpaired) electrons. The van der Waals surface area contributed by atoms with E-state index >= 15 is 0 Å². The van der Waals surface area contributed by atoms with Gasteiger partial charge in [-0.1, -0.05) is 52.8 Å². The molecule has 2 heterocycles. The third-order valence-electron chi connectivity index (χ3n) is 6.26. The highest BCUT2D eigenvalue weighted by Crippen LogP contribution is 2.44. The molecule has 10 nitrogen and oxygen atoms in total. The summed E-state index contributed by atoms with van der Waals surface area (Å²) in [6.07, 6.45) is 1.06. The number of anilines is 1.